The monoisotopic (exact) mass is 206 g/mol. The molecule has 1 heterocycles. The third-order valence-corrected chi connectivity index (χ3v) is 2.80. The average molecular weight is 206 g/mol. The van der Waals surface area contributed by atoms with Crippen molar-refractivity contribution in [1.82, 2.24) is 10.3 Å². The van der Waals surface area contributed by atoms with Crippen molar-refractivity contribution in [2.75, 3.05) is 6.54 Å². The molecule has 2 heteroatoms. The lowest BCUT2D eigenvalue weighted by molar-refractivity contribution is 0.402. The van der Waals surface area contributed by atoms with Crippen molar-refractivity contribution in [2.45, 2.75) is 40.2 Å². The molecule has 0 aromatic carbocycles. The summed E-state index contributed by atoms with van der Waals surface area (Å²) in [6.45, 7) is 9.82. The van der Waals surface area contributed by atoms with Gasteiger partial charge in [0.2, 0.25) is 0 Å². The van der Waals surface area contributed by atoms with Crippen LogP contribution in [0.3, 0.4) is 0 Å². The molecule has 84 valence electrons. The zero-order valence-corrected chi connectivity index (χ0v) is 10.2. The van der Waals surface area contributed by atoms with Crippen LogP contribution < -0.4 is 5.32 Å². The predicted molar refractivity (Wildman–Crippen MR) is 65.0 cm³/mol. The Labute approximate surface area is 93.1 Å². The Morgan fingerprint density at radius 3 is 2.67 bits per heavy atom. The molecule has 1 unspecified atom stereocenters. The van der Waals surface area contributed by atoms with E-state index in [4.69, 9.17) is 0 Å². The number of hydrogen-bond acceptors (Lipinski definition) is 2. The maximum Gasteiger partial charge on any atom is 0.0448 e. The minimum Gasteiger partial charge on any atom is -0.314 e. The van der Waals surface area contributed by atoms with E-state index in [1.54, 1.807) is 0 Å². The second-order valence-electron chi connectivity index (χ2n) is 4.38. The van der Waals surface area contributed by atoms with Crippen LogP contribution in [0, 0.1) is 12.8 Å². The summed E-state index contributed by atoms with van der Waals surface area (Å²) in [6, 6.07) is 4.66. The van der Waals surface area contributed by atoms with Crippen molar-refractivity contribution >= 4 is 0 Å². The molecule has 0 bridgehead atoms. The molecule has 0 fully saturated rings. The van der Waals surface area contributed by atoms with E-state index in [1.165, 1.54) is 11.3 Å². The highest BCUT2D eigenvalue weighted by molar-refractivity contribution is 5.18. The van der Waals surface area contributed by atoms with Gasteiger partial charge in [0.1, 0.15) is 0 Å². The number of aromatic nitrogens is 1. The Balaban J connectivity index is 2.69. The second-order valence-corrected chi connectivity index (χ2v) is 4.38. The van der Waals surface area contributed by atoms with Gasteiger partial charge in [-0.2, -0.15) is 0 Å². The molecule has 0 saturated heterocycles. The molecule has 0 radical (unpaired) electrons. The summed E-state index contributed by atoms with van der Waals surface area (Å²) in [5.74, 6) is 0.645. The van der Waals surface area contributed by atoms with Crippen LogP contribution in [0.4, 0.5) is 0 Å². The Kier molecular flexibility index (Phi) is 4.76. The fraction of sp³-hybridized carbons (Fsp3) is 0.615. The van der Waals surface area contributed by atoms with E-state index in [1.807, 2.05) is 12.3 Å². The van der Waals surface area contributed by atoms with Crippen molar-refractivity contribution in [3.63, 3.8) is 0 Å². The molecule has 1 aromatic rings. The van der Waals surface area contributed by atoms with Gasteiger partial charge >= 0.3 is 0 Å². The quantitative estimate of drug-likeness (QED) is 0.801. The van der Waals surface area contributed by atoms with Crippen molar-refractivity contribution < 1.29 is 0 Å². The summed E-state index contributed by atoms with van der Waals surface area (Å²) in [4.78, 5) is 4.44. The van der Waals surface area contributed by atoms with Crippen LogP contribution in [-0.4, -0.2) is 17.6 Å². The summed E-state index contributed by atoms with van der Waals surface area (Å²) in [7, 11) is 0. The van der Waals surface area contributed by atoms with E-state index in [0.717, 1.165) is 13.0 Å². The van der Waals surface area contributed by atoms with Gasteiger partial charge in [0.05, 0.1) is 0 Å². The molecule has 1 rings (SSSR count). The number of rotatable bonds is 5. The molecule has 1 N–H and O–H groups in total. The largest absolute Gasteiger partial charge is 0.314 e. The van der Waals surface area contributed by atoms with Crippen molar-refractivity contribution in [1.29, 1.82) is 0 Å². The van der Waals surface area contributed by atoms with E-state index in [-0.39, 0.29) is 0 Å². The molecule has 1 aromatic heterocycles. The van der Waals surface area contributed by atoms with Crippen LogP contribution in [0.15, 0.2) is 18.3 Å². The Hall–Kier alpha value is -0.890. The molecule has 0 aliphatic rings. The third kappa shape index (κ3) is 3.63. The van der Waals surface area contributed by atoms with E-state index in [0.29, 0.717) is 12.0 Å². The summed E-state index contributed by atoms with van der Waals surface area (Å²) >= 11 is 0. The second kappa shape index (κ2) is 5.86. The number of pyridine rings is 1. The fourth-order valence-corrected chi connectivity index (χ4v) is 1.75. The van der Waals surface area contributed by atoms with Crippen LogP contribution >= 0.6 is 0 Å². The standard InChI is InChI=1S/C13H22N2/c1-5-14-12(10(2)3)9-13-11(4)7-6-8-15-13/h6-8,10,12,14H,5,9H2,1-4H3. The molecule has 2 nitrogen and oxygen atoms in total. The minimum atomic E-state index is 0.531. The number of hydrogen-bond donors (Lipinski definition) is 1. The van der Waals surface area contributed by atoms with Gasteiger partial charge in [-0.1, -0.05) is 26.8 Å². The number of nitrogens with zero attached hydrogens (tertiary/aromatic N) is 1. The summed E-state index contributed by atoms with van der Waals surface area (Å²) in [5.41, 5.74) is 2.51. The SMILES string of the molecule is CCNC(Cc1ncccc1C)C(C)C. The van der Waals surface area contributed by atoms with Crippen LogP contribution in [0.25, 0.3) is 0 Å². The molecule has 0 saturated carbocycles. The topological polar surface area (TPSA) is 24.9 Å². The molecule has 0 spiro atoms. The Morgan fingerprint density at radius 2 is 2.13 bits per heavy atom. The molecule has 1 atom stereocenters. The van der Waals surface area contributed by atoms with Gasteiger partial charge in [-0.05, 0) is 31.0 Å². The smallest absolute Gasteiger partial charge is 0.0448 e. The molecule has 15 heavy (non-hydrogen) atoms. The maximum atomic E-state index is 4.44. The first kappa shape index (κ1) is 12.2. The van der Waals surface area contributed by atoms with Crippen LogP contribution in [-0.2, 0) is 6.42 Å². The van der Waals surface area contributed by atoms with E-state index < -0.39 is 0 Å². The van der Waals surface area contributed by atoms with Crippen molar-refractivity contribution in [3.05, 3.63) is 29.6 Å². The maximum absolute atomic E-state index is 4.44. The molecular formula is C13H22N2. The molecule has 0 aliphatic carbocycles. The van der Waals surface area contributed by atoms with Gasteiger partial charge in [-0.15, -0.1) is 0 Å². The molecule has 0 aliphatic heterocycles. The molecular weight excluding hydrogens is 184 g/mol. The Bertz CT molecular complexity index is 294. The van der Waals surface area contributed by atoms with Gasteiger partial charge in [-0.3, -0.25) is 4.98 Å². The van der Waals surface area contributed by atoms with Crippen LogP contribution in [0.2, 0.25) is 0 Å². The summed E-state index contributed by atoms with van der Waals surface area (Å²) < 4.78 is 0. The minimum absolute atomic E-state index is 0.531. The van der Waals surface area contributed by atoms with Gasteiger partial charge < -0.3 is 5.32 Å². The normalized spacial score (nSPS) is 13.1. The summed E-state index contributed by atoms with van der Waals surface area (Å²) in [6.07, 6.45) is 2.91. The zero-order chi connectivity index (χ0) is 11.3. The predicted octanol–water partition coefficient (Wildman–Crippen LogP) is 2.57. The lowest BCUT2D eigenvalue weighted by Gasteiger charge is -2.22. The van der Waals surface area contributed by atoms with E-state index in [9.17, 15) is 0 Å². The third-order valence-electron chi connectivity index (χ3n) is 2.80. The van der Waals surface area contributed by atoms with Gasteiger partial charge in [-0.25, -0.2) is 0 Å². The molecule has 0 amide bonds. The van der Waals surface area contributed by atoms with Gasteiger partial charge in [0, 0.05) is 24.4 Å². The Morgan fingerprint density at radius 1 is 1.40 bits per heavy atom. The fourth-order valence-electron chi connectivity index (χ4n) is 1.75. The first-order valence-corrected chi connectivity index (χ1v) is 5.79. The van der Waals surface area contributed by atoms with Crippen molar-refractivity contribution in [3.8, 4) is 0 Å². The van der Waals surface area contributed by atoms with Crippen LogP contribution in [0.1, 0.15) is 32.0 Å². The van der Waals surface area contributed by atoms with Crippen molar-refractivity contribution in [2.24, 2.45) is 5.92 Å². The average Bonchev–Trinajstić information content (AvgIpc) is 2.20. The highest BCUT2D eigenvalue weighted by Gasteiger charge is 2.14. The number of aryl methyl sites for hydroxylation is 1. The number of nitrogens with one attached hydrogen (secondary N) is 1. The first-order chi connectivity index (χ1) is 7.15. The van der Waals surface area contributed by atoms with Gasteiger partial charge in [0.25, 0.3) is 0 Å². The highest BCUT2D eigenvalue weighted by Crippen LogP contribution is 2.11. The number of likely N-dealkylation sites (N-methyl/N-ethyl adjacent to an activating group) is 1. The lowest BCUT2D eigenvalue weighted by Crippen LogP contribution is -2.36. The van der Waals surface area contributed by atoms with Gasteiger partial charge in [0.15, 0.2) is 0 Å². The first-order valence-electron chi connectivity index (χ1n) is 5.79. The lowest BCUT2D eigenvalue weighted by atomic mass is 9.97. The highest BCUT2D eigenvalue weighted by atomic mass is 14.9. The summed E-state index contributed by atoms with van der Waals surface area (Å²) in [5, 5.41) is 3.52. The van der Waals surface area contributed by atoms with E-state index in [2.05, 4.69) is 44.1 Å². The zero-order valence-electron chi connectivity index (χ0n) is 10.2. The van der Waals surface area contributed by atoms with E-state index >= 15 is 0 Å². The van der Waals surface area contributed by atoms with Crippen LogP contribution in [0.5, 0.6) is 0 Å².